The molecule has 0 radical (unpaired) electrons. The zero-order valence-electron chi connectivity index (χ0n) is 12.2. The summed E-state index contributed by atoms with van der Waals surface area (Å²) in [6, 6.07) is 14.2. The van der Waals surface area contributed by atoms with Gasteiger partial charge in [0.1, 0.15) is 0 Å². The first-order valence-corrected chi connectivity index (χ1v) is 6.72. The van der Waals surface area contributed by atoms with E-state index in [1.807, 2.05) is 37.3 Å². The van der Waals surface area contributed by atoms with Crippen molar-refractivity contribution in [2.24, 2.45) is 5.16 Å². The Hall–Kier alpha value is -2.30. The van der Waals surface area contributed by atoms with Crippen molar-refractivity contribution in [2.45, 2.75) is 25.4 Å². The fourth-order valence-corrected chi connectivity index (χ4v) is 2.45. The minimum absolute atomic E-state index is 0.401. The molecular weight excluding hydrogens is 291 g/mol. The molecule has 1 unspecified atom stereocenters. The Labute approximate surface area is 126 Å². The minimum Gasteiger partial charge on any atom is -0.411 e. The van der Waals surface area contributed by atoms with Gasteiger partial charge in [0.25, 0.3) is 0 Å². The van der Waals surface area contributed by atoms with Crippen molar-refractivity contribution in [1.82, 2.24) is 0 Å². The average molecular weight is 307 g/mol. The standard InChI is InChI=1S/C17H16F3NO/c1-12(21-22)16(2,13-6-4-3-5-7-13)14-8-10-15(11-9-14)17(18,19)20/h3-11,22H,1-2H3/b21-12+. The maximum absolute atomic E-state index is 12.7. The first-order chi connectivity index (χ1) is 10.3. The third-order valence-corrected chi connectivity index (χ3v) is 4.01. The molecule has 2 nitrogen and oxygen atoms in total. The lowest BCUT2D eigenvalue weighted by molar-refractivity contribution is -0.137. The summed E-state index contributed by atoms with van der Waals surface area (Å²) < 4.78 is 38.1. The van der Waals surface area contributed by atoms with Crippen LogP contribution in [-0.4, -0.2) is 10.9 Å². The maximum Gasteiger partial charge on any atom is 0.416 e. The molecule has 0 aliphatic heterocycles. The average Bonchev–Trinajstić information content (AvgIpc) is 2.53. The molecule has 0 aliphatic carbocycles. The van der Waals surface area contributed by atoms with Gasteiger partial charge >= 0.3 is 6.18 Å². The molecule has 0 spiro atoms. The topological polar surface area (TPSA) is 32.6 Å². The van der Waals surface area contributed by atoms with Gasteiger partial charge in [-0.1, -0.05) is 47.6 Å². The number of hydrogen-bond donors (Lipinski definition) is 1. The molecule has 0 heterocycles. The summed E-state index contributed by atoms with van der Waals surface area (Å²) in [6.07, 6.45) is -4.37. The second-order valence-electron chi connectivity index (χ2n) is 5.25. The van der Waals surface area contributed by atoms with Crippen LogP contribution in [0.3, 0.4) is 0 Å². The van der Waals surface area contributed by atoms with Gasteiger partial charge in [-0.2, -0.15) is 13.2 Å². The Morgan fingerprint density at radius 2 is 1.32 bits per heavy atom. The van der Waals surface area contributed by atoms with Crippen LogP contribution in [0, 0.1) is 0 Å². The van der Waals surface area contributed by atoms with E-state index in [0.29, 0.717) is 11.3 Å². The predicted molar refractivity (Wildman–Crippen MR) is 79.2 cm³/mol. The van der Waals surface area contributed by atoms with Crippen molar-refractivity contribution in [3.63, 3.8) is 0 Å². The third kappa shape index (κ3) is 2.84. The van der Waals surface area contributed by atoms with Gasteiger partial charge in [-0.15, -0.1) is 0 Å². The van der Waals surface area contributed by atoms with Crippen molar-refractivity contribution in [3.8, 4) is 0 Å². The fourth-order valence-electron chi connectivity index (χ4n) is 2.45. The number of nitrogens with zero attached hydrogens (tertiary/aromatic N) is 1. The van der Waals surface area contributed by atoms with Crippen LogP contribution in [0.1, 0.15) is 30.5 Å². The monoisotopic (exact) mass is 307 g/mol. The lowest BCUT2D eigenvalue weighted by Crippen LogP contribution is -2.32. The van der Waals surface area contributed by atoms with Gasteiger partial charge in [-0.25, -0.2) is 0 Å². The smallest absolute Gasteiger partial charge is 0.411 e. The van der Waals surface area contributed by atoms with Crippen LogP contribution in [0.4, 0.5) is 13.2 Å². The molecule has 1 N–H and O–H groups in total. The lowest BCUT2D eigenvalue weighted by atomic mass is 9.73. The van der Waals surface area contributed by atoms with E-state index in [-0.39, 0.29) is 0 Å². The van der Waals surface area contributed by atoms with Gasteiger partial charge < -0.3 is 5.21 Å². The van der Waals surface area contributed by atoms with Gasteiger partial charge in [0.2, 0.25) is 0 Å². The molecule has 2 rings (SSSR count). The summed E-state index contributed by atoms with van der Waals surface area (Å²) in [5, 5.41) is 12.5. The second-order valence-corrected chi connectivity index (χ2v) is 5.25. The Bertz CT molecular complexity index is 663. The van der Waals surface area contributed by atoms with Gasteiger partial charge in [-0.3, -0.25) is 0 Å². The molecule has 5 heteroatoms. The molecule has 116 valence electrons. The van der Waals surface area contributed by atoms with Crippen LogP contribution in [0.2, 0.25) is 0 Å². The minimum atomic E-state index is -4.37. The van der Waals surface area contributed by atoms with Crippen LogP contribution in [0.15, 0.2) is 59.8 Å². The Morgan fingerprint density at radius 1 is 0.864 bits per heavy atom. The third-order valence-electron chi connectivity index (χ3n) is 4.01. The highest BCUT2D eigenvalue weighted by atomic mass is 19.4. The Kier molecular flexibility index (Phi) is 4.26. The van der Waals surface area contributed by atoms with Crippen molar-refractivity contribution in [3.05, 3.63) is 71.3 Å². The van der Waals surface area contributed by atoms with E-state index in [2.05, 4.69) is 5.16 Å². The largest absolute Gasteiger partial charge is 0.416 e. The summed E-state index contributed by atoms with van der Waals surface area (Å²) in [5.41, 5.74) is 0.357. The molecule has 0 aromatic heterocycles. The second kappa shape index (κ2) is 5.83. The molecule has 22 heavy (non-hydrogen) atoms. The molecule has 1 atom stereocenters. The zero-order chi connectivity index (χ0) is 16.4. The number of halogens is 3. The summed E-state index contributed by atoms with van der Waals surface area (Å²) in [4.78, 5) is 0. The van der Waals surface area contributed by atoms with E-state index in [0.717, 1.165) is 17.7 Å². The van der Waals surface area contributed by atoms with Gasteiger partial charge in [-0.05, 0) is 37.1 Å². The molecule has 0 amide bonds. The van der Waals surface area contributed by atoms with E-state index >= 15 is 0 Å². The summed E-state index contributed by atoms with van der Waals surface area (Å²) >= 11 is 0. The quantitative estimate of drug-likeness (QED) is 0.490. The molecule has 0 saturated carbocycles. The van der Waals surface area contributed by atoms with Gasteiger partial charge in [0.05, 0.1) is 16.7 Å². The summed E-state index contributed by atoms with van der Waals surface area (Å²) in [6.45, 7) is 3.46. The summed E-state index contributed by atoms with van der Waals surface area (Å²) in [5.74, 6) is 0. The van der Waals surface area contributed by atoms with Crippen LogP contribution >= 0.6 is 0 Å². The maximum atomic E-state index is 12.7. The van der Waals surface area contributed by atoms with Crippen LogP contribution < -0.4 is 0 Å². The molecule has 0 aliphatic rings. The first-order valence-electron chi connectivity index (χ1n) is 6.72. The van der Waals surface area contributed by atoms with Crippen molar-refractivity contribution in [1.29, 1.82) is 0 Å². The number of alkyl halides is 3. The highest BCUT2D eigenvalue weighted by Gasteiger charge is 2.35. The Balaban J connectivity index is 2.57. The number of rotatable bonds is 3. The van der Waals surface area contributed by atoms with E-state index in [9.17, 15) is 18.4 Å². The molecule has 0 fully saturated rings. The van der Waals surface area contributed by atoms with Gasteiger partial charge in [0.15, 0.2) is 0 Å². The normalized spacial score (nSPS) is 15.4. The Morgan fingerprint density at radius 3 is 1.77 bits per heavy atom. The van der Waals surface area contributed by atoms with E-state index in [1.54, 1.807) is 6.92 Å². The summed E-state index contributed by atoms with van der Waals surface area (Å²) in [7, 11) is 0. The fraction of sp³-hybridized carbons (Fsp3) is 0.235. The molecule has 0 saturated heterocycles. The van der Waals surface area contributed by atoms with E-state index in [1.165, 1.54) is 12.1 Å². The van der Waals surface area contributed by atoms with E-state index in [4.69, 9.17) is 0 Å². The highest BCUT2D eigenvalue weighted by Crippen LogP contribution is 2.36. The molecular formula is C17H16F3NO. The van der Waals surface area contributed by atoms with Crippen LogP contribution in [-0.2, 0) is 11.6 Å². The number of hydrogen-bond acceptors (Lipinski definition) is 2. The first kappa shape index (κ1) is 16.1. The number of benzene rings is 2. The lowest BCUT2D eigenvalue weighted by Gasteiger charge is -2.30. The zero-order valence-corrected chi connectivity index (χ0v) is 12.2. The van der Waals surface area contributed by atoms with Crippen molar-refractivity contribution in [2.75, 3.05) is 0 Å². The highest BCUT2D eigenvalue weighted by molar-refractivity contribution is 5.95. The van der Waals surface area contributed by atoms with Crippen LogP contribution in [0.5, 0.6) is 0 Å². The van der Waals surface area contributed by atoms with Crippen molar-refractivity contribution >= 4 is 5.71 Å². The molecule has 2 aromatic rings. The van der Waals surface area contributed by atoms with E-state index < -0.39 is 17.2 Å². The number of oxime groups is 1. The van der Waals surface area contributed by atoms with Crippen molar-refractivity contribution < 1.29 is 18.4 Å². The molecule has 2 aromatic carbocycles. The predicted octanol–water partition coefficient (Wildman–Crippen LogP) is 4.86. The van der Waals surface area contributed by atoms with Gasteiger partial charge in [0, 0.05) is 0 Å². The molecule has 0 bridgehead atoms. The van der Waals surface area contributed by atoms with Crippen LogP contribution in [0.25, 0.3) is 0 Å². The SMILES string of the molecule is C/C(=N\O)C(C)(c1ccccc1)c1ccc(C(F)(F)F)cc1.